The molecule has 0 aromatic rings. The highest BCUT2D eigenvalue weighted by molar-refractivity contribution is 8.00. The van der Waals surface area contributed by atoms with Gasteiger partial charge in [0.25, 0.3) is 0 Å². The molecule has 2 aliphatic rings. The molecular weight excluding hydrogens is 262 g/mol. The largest absolute Gasteiger partial charge is 0.409 e. The van der Waals surface area contributed by atoms with E-state index in [1.807, 2.05) is 6.26 Å². The quantitative estimate of drug-likeness (QED) is 0.347. The maximum absolute atomic E-state index is 8.92. The Hall–Kier alpha value is -0.460. The van der Waals surface area contributed by atoms with Crippen molar-refractivity contribution in [3.05, 3.63) is 0 Å². The number of ether oxygens (including phenoxy) is 1. The van der Waals surface area contributed by atoms with Crippen LogP contribution >= 0.6 is 11.8 Å². The first-order chi connectivity index (χ1) is 9.20. The summed E-state index contributed by atoms with van der Waals surface area (Å²) in [7, 11) is 0. The molecular formula is C13H25N3O2S. The first-order valence-electron chi connectivity index (χ1n) is 7.07. The van der Waals surface area contributed by atoms with Crippen LogP contribution in [-0.2, 0) is 4.74 Å². The van der Waals surface area contributed by atoms with E-state index in [-0.39, 0.29) is 4.75 Å². The van der Waals surface area contributed by atoms with Crippen molar-refractivity contribution < 1.29 is 9.94 Å². The van der Waals surface area contributed by atoms with Crippen molar-refractivity contribution in [1.29, 1.82) is 0 Å². The van der Waals surface area contributed by atoms with Gasteiger partial charge in [-0.1, -0.05) is 5.16 Å². The van der Waals surface area contributed by atoms with Gasteiger partial charge in [0.05, 0.1) is 10.9 Å². The molecule has 2 rings (SSSR count). The molecule has 2 saturated heterocycles. The van der Waals surface area contributed by atoms with Gasteiger partial charge in [-0.3, -0.25) is 0 Å². The molecule has 0 aromatic heterocycles. The van der Waals surface area contributed by atoms with E-state index in [0.29, 0.717) is 11.9 Å². The van der Waals surface area contributed by atoms with Gasteiger partial charge < -0.3 is 20.6 Å². The third-order valence-electron chi connectivity index (χ3n) is 4.42. The van der Waals surface area contributed by atoms with Crippen LogP contribution in [0.1, 0.15) is 32.1 Å². The van der Waals surface area contributed by atoms with Gasteiger partial charge >= 0.3 is 0 Å². The van der Waals surface area contributed by atoms with E-state index in [1.165, 1.54) is 12.8 Å². The number of amidine groups is 1. The van der Waals surface area contributed by atoms with E-state index < -0.39 is 0 Å². The number of thioether (sulfide) groups is 1. The summed E-state index contributed by atoms with van der Waals surface area (Å²) >= 11 is 1.70. The molecule has 19 heavy (non-hydrogen) atoms. The standard InChI is InChI=1S/C13H25N3O2S/c1-19-13(12(14)15-17)5-8-16(9-6-13)7-4-11-3-2-10-18-11/h11,17H,2-10H2,1H3,(H2,14,15). The summed E-state index contributed by atoms with van der Waals surface area (Å²) in [5.74, 6) is 0.374. The van der Waals surface area contributed by atoms with Crippen molar-refractivity contribution in [1.82, 2.24) is 4.90 Å². The monoisotopic (exact) mass is 287 g/mol. The molecule has 0 bridgehead atoms. The van der Waals surface area contributed by atoms with E-state index in [1.54, 1.807) is 11.8 Å². The molecule has 1 unspecified atom stereocenters. The van der Waals surface area contributed by atoms with Crippen LogP contribution in [0.15, 0.2) is 5.16 Å². The van der Waals surface area contributed by atoms with Crippen LogP contribution in [0.25, 0.3) is 0 Å². The highest BCUT2D eigenvalue weighted by Crippen LogP contribution is 2.35. The first kappa shape index (κ1) is 14.9. The molecule has 0 aromatic carbocycles. The number of oxime groups is 1. The summed E-state index contributed by atoms with van der Waals surface area (Å²) in [4.78, 5) is 2.47. The lowest BCUT2D eigenvalue weighted by Crippen LogP contribution is -2.50. The Labute approximate surface area is 119 Å². The molecule has 3 N–H and O–H groups in total. The molecule has 6 heteroatoms. The van der Waals surface area contributed by atoms with Gasteiger partial charge in [-0.25, -0.2) is 0 Å². The van der Waals surface area contributed by atoms with Crippen LogP contribution < -0.4 is 5.73 Å². The number of likely N-dealkylation sites (tertiary alicyclic amines) is 1. The van der Waals surface area contributed by atoms with Gasteiger partial charge in [0.15, 0.2) is 5.84 Å². The van der Waals surface area contributed by atoms with Gasteiger partial charge in [-0.05, 0) is 51.4 Å². The predicted octanol–water partition coefficient (Wildman–Crippen LogP) is 1.50. The molecule has 2 fully saturated rings. The SMILES string of the molecule is CSC1(C(N)=NO)CCN(CCC2CCCO2)CC1. The number of hydrogen-bond donors (Lipinski definition) is 2. The molecule has 2 aliphatic heterocycles. The van der Waals surface area contributed by atoms with Crippen LogP contribution in [0.3, 0.4) is 0 Å². The topological polar surface area (TPSA) is 71.1 Å². The number of nitrogens with two attached hydrogens (primary N) is 1. The smallest absolute Gasteiger partial charge is 0.155 e. The van der Waals surface area contributed by atoms with Crippen LogP contribution in [0.2, 0.25) is 0 Å². The van der Waals surface area contributed by atoms with E-state index in [0.717, 1.165) is 45.5 Å². The van der Waals surface area contributed by atoms with Crippen molar-refractivity contribution in [3.8, 4) is 0 Å². The fraction of sp³-hybridized carbons (Fsp3) is 0.923. The molecule has 0 spiro atoms. The van der Waals surface area contributed by atoms with Crippen molar-refractivity contribution in [2.75, 3.05) is 32.5 Å². The van der Waals surface area contributed by atoms with E-state index in [2.05, 4.69) is 10.1 Å². The second kappa shape index (κ2) is 6.81. The Morgan fingerprint density at radius 1 is 1.53 bits per heavy atom. The zero-order valence-corrected chi connectivity index (χ0v) is 12.5. The molecule has 110 valence electrons. The number of piperidine rings is 1. The lowest BCUT2D eigenvalue weighted by Gasteiger charge is -2.40. The van der Waals surface area contributed by atoms with Crippen LogP contribution in [-0.4, -0.2) is 59.3 Å². The fourth-order valence-electron chi connectivity index (χ4n) is 2.99. The predicted molar refractivity (Wildman–Crippen MR) is 78.9 cm³/mol. The number of nitrogens with zero attached hydrogens (tertiary/aromatic N) is 2. The Bertz CT molecular complexity index is 311. The molecule has 0 amide bonds. The minimum Gasteiger partial charge on any atom is -0.409 e. The van der Waals surface area contributed by atoms with Crippen LogP contribution in [0.4, 0.5) is 0 Å². The van der Waals surface area contributed by atoms with E-state index >= 15 is 0 Å². The number of rotatable bonds is 5. The molecule has 1 atom stereocenters. The molecule has 0 radical (unpaired) electrons. The minimum absolute atomic E-state index is 0.172. The van der Waals surface area contributed by atoms with Gasteiger partial charge in [-0.2, -0.15) is 11.8 Å². The number of hydrogen-bond acceptors (Lipinski definition) is 5. The maximum atomic E-state index is 8.92. The lowest BCUT2D eigenvalue weighted by atomic mass is 9.94. The summed E-state index contributed by atoms with van der Waals surface area (Å²) in [6.45, 7) is 4.07. The summed E-state index contributed by atoms with van der Waals surface area (Å²) in [5, 5.41) is 12.1. The Kier molecular flexibility index (Phi) is 5.36. The lowest BCUT2D eigenvalue weighted by molar-refractivity contribution is 0.0882. The summed E-state index contributed by atoms with van der Waals surface area (Å²) in [5.41, 5.74) is 5.85. The molecule has 5 nitrogen and oxygen atoms in total. The summed E-state index contributed by atoms with van der Waals surface area (Å²) in [6, 6.07) is 0. The van der Waals surface area contributed by atoms with Crippen LogP contribution in [0, 0.1) is 0 Å². The Morgan fingerprint density at radius 2 is 2.26 bits per heavy atom. The third-order valence-corrected chi connectivity index (χ3v) is 5.82. The zero-order chi connectivity index (χ0) is 13.7. The van der Waals surface area contributed by atoms with Crippen LogP contribution in [0.5, 0.6) is 0 Å². The summed E-state index contributed by atoms with van der Waals surface area (Å²) in [6.07, 6.45) is 7.98. The second-order valence-corrected chi connectivity index (χ2v) is 6.64. The van der Waals surface area contributed by atoms with E-state index in [4.69, 9.17) is 15.7 Å². The second-order valence-electron chi connectivity index (χ2n) is 5.45. The van der Waals surface area contributed by atoms with Crippen molar-refractivity contribution >= 4 is 17.6 Å². The fourth-order valence-corrected chi connectivity index (χ4v) is 3.83. The van der Waals surface area contributed by atoms with E-state index in [9.17, 15) is 0 Å². The molecule has 2 heterocycles. The van der Waals surface area contributed by atoms with Gasteiger partial charge in [-0.15, -0.1) is 0 Å². The third kappa shape index (κ3) is 3.55. The van der Waals surface area contributed by atoms with Gasteiger partial charge in [0.1, 0.15) is 0 Å². The average Bonchev–Trinajstić information content (AvgIpc) is 2.98. The van der Waals surface area contributed by atoms with Crippen molar-refractivity contribution in [2.45, 2.75) is 43.0 Å². The minimum atomic E-state index is -0.172. The molecule has 0 aliphatic carbocycles. The van der Waals surface area contributed by atoms with Gasteiger partial charge in [0, 0.05) is 13.2 Å². The first-order valence-corrected chi connectivity index (χ1v) is 8.30. The average molecular weight is 287 g/mol. The normalized spacial score (nSPS) is 28.7. The highest BCUT2D eigenvalue weighted by Gasteiger charge is 2.38. The zero-order valence-electron chi connectivity index (χ0n) is 11.7. The summed E-state index contributed by atoms with van der Waals surface area (Å²) < 4.78 is 5.49. The maximum Gasteiger partial charge on any atom is 0.155 e. The highest BCUT2D eigenvalue weighted by atomic mass is 32.2. The van der Waals surface area contributed by atoms with Crippen molar-refractivity contribution in [3.63, 3.8) is 0 Å². The van der Waals surface area contributed by atoms with Crippen molar-refractivity contribution in [2.24, 2.45) is 10.9 Å². The Balaban J connectivity index is 1.77. The van der Waals surface area contributed by atoms with Gasteiger partial charge in [0.2, 0.25) is 0 Å². The Morgan fingerprint density at radius 3 is 2.79 bits per heavy atom. The molecule has 0 saturated carbocycles.